The second-order valence-corrected chi connectivity index (χ2v) is 23.3. The molecule has 0 bridgehead atoms. The highest BCUT2D eigenvalue weighted by Gasteiger charge is 2.47. The first-order valence-electron chi connectivity index (χ1n) is 29.0. The lowest BCUT2D eigenvalue weighted by molar-refractivity contribution is 0.488. The van der Waals surface area contributed by atoms with E-state index in [-0.39, 0.29) is 13.4 Å². The minimum Gasteiger partial charge on any atom is -0.458 e. The highest BCUT2D eigenvalue weighted by Crippen LogP contribution is 2.53. The number of benzene rings is 13. The second kappa shape index (κ2) is 19.7. The van der Waals surface area contributed by atoms with E-state index in [1.54, 1.807) is 0 Å². The molecule has 0 unspecified atom stereocenters. The van der Waals surface area contributed by atoms with Crippen LogP contribution in [-0.4, -0.2) is 13.4 Å². The van der Waals surface area contributed by atoms with Crippen LogP contribution in [0.2, 0.25) is 0 Å². The Labute approximate surface area is 494 Å². The first kappa shape index (κ1) is 48.4. The summed E-state index contributed by atoms with van der Waals surface area (Å²) in [6.45, 7) is -0.259. The topological polar surface area (TPSA) is 15.7 Å². The molecule has 0 aromatic heterocycles. The van der Waals surface area contributed by atoms with Gasteiger partial charge in [0.15, 0.2) is 0 Å². The molecule has 84 heavy (non-hydrogen) atoms. The lowest BCUT2D eigenvalue weighted by atomic mass is 9.31. The number of nitrogens with zero attached hydrogens (tertiary/aromatic N) is 2. The summed E-state index contributed by atoms with van der Waals surface area (Å²) in [6, 6.07) is 112. The number of ether oxygens (including phenoxy) is 1. The molecule has 0 saturated carbocycles. The fraction of sp³-hybridized carbons (Fsp3) is 0. The smallest absolute Gasteiger partial charge is 0.256 e. The number of fused-ring (bicyclic) bond motifs is 8. The van der Waals surface area contributed by atoms with Crippen LogP contribution in [0.4, 0.5) is 34.1 Å². The summed E-state index contributed by atoms with van der Waals surface area (Å²) in [4.78, 5) is 7.72. The van der Waals surface area contributed by atoms with Crippen LogP contribution < -0.4 is 47.3 Å². The van der Waals surface area contributed by atoms with Crippen LogP contribution in [0.15, 0.2) is 313 Å². The van der Waals surface area contributed by atoms with Gasteiger partial charge < -0.3 is 14.5 Å². The summed E-state index contributed by atoms with van der Waals surface area (Å²) in [5, 5.41) is 0. The molecular weight excluding hydrogens is 1030 g/mol. The van der Waals surface area contributed by atoms with Crippen molar-refractivity contribution in [2.45, 2.75) is 9.79 Å². The summed E-state index contributed by atoms with van der Waals surface area (Å²) in [7, 11) is 0. The maximum atomic E-state index is 7.80. The molecule has 0 spiro atoms. The van der Waals surface area contributed by atoms with Crippen molar-refractivity contribution < 1.29 is 4.74 Å². The Hall–Kier alpha value is -10.3. The Morgan fingerprint density at radius 2 is 0.667 bits per heavy atom. The van der Waals surface area contributed by atoms with E-state index < -0.39 is 0 Å². The Balaban J connectivity index is 0.974. The average Bonchev–Trinajstić information content (AvgIpc) is 0.974. The van der Waals surface area contributed by atoms with E-state index in [1.165, 1.54) is 48.5 Å². The van der Waals surface area contributed by atoms with Crippen molar-refractivity contribution in [1.29, 1.82) is 0 Å². The predicted octanol–water partition coefficient (Wildman–Crippen LogP) is 16.9. The van der Waals surface area contributed by atoms with Gasteiger partial charge in [0.1, 0.15) is 11.5 Å². The summed E-state index contributed by atoms with van der Waals surface area (Å²) in [5.74, 6) is 1.71. The molecule has 4 aliphatic rings. The van der Waals surface area contributed by atoms with Crippen LogP contribution in [-0.2, 0) is 0 Å². The molecule has 0 atom stereocenters. The third-order valence-corrected chi connectivity index (χ3v) is 18.7. The summed E-state index contributed by atoms with van der Waals surface area (Å²) in [6.07, 6.45) is 0. The van der Waals surface area contributed by atoms with Gasteiger partial charge in [-0.1, -0.05) is 278 Å². The third kappa shape index (κ3) is 7.71. The molecule has 0 saturated heterocycles. The van der Waals surface area contributed by atoms with Crippen LogP contribution in [0, 0.1) is 0 Å². The van der Waals surface area contributed by atoms with E-state index in [2.05, 4.69) is 313 Å². The summed E-state index contributed by atoms with van der Waals surface area (Å²) in [5.41, 5.74) is 28.0. The highest BCUT2D eigenvalue weighted by molar-refractivity contribution is 8.00. The van der Waals surface area contributed by atoms with Crippen molar-refractivity contribution in [3.8, 4) is 78.3 Å². The minimum atomic E-state index is -0.176. The van der Waals surface area contributed by atoms with Crippen molar-refractivity contribution in [2.75, 3.05) is 9.80 Å². The predicted molar refractivity (Wildman–Crippen MR) is 355 cm³/mol. The van der Waals surface area contributed by atoms with Crippen molar-refractivity contribution in [3.63, 3.8) is 0 Å². The number of rotatable bonds is 8. The minimum absolute atomic E-state index is 0.0827. The molecule has 17 rings (SSSR count). The highest BCUT2D eigenvalue weighted by atomic mass is 32.2. The van der Waals surface area contributed by atoms with Gasteiger partial charge in [0.25, 0.3) is 6.71 Å². The monoisotopic (exact) mass is 1080 g/mol. The van der Waals surface area contributed by atoms with E-state index in [1.807, 2.05) is 11.8 Å². The molecule has 13 aromatic rings. The third-order valence-electron chi connectivity index (χ3n) is 17.6. The molecule has 6 heteroatoms. The van der Waals surface area contributed by atoms with Gasteiger partial charge in [0.2, 0.25) is 6.71 Å². The zero-order chi connectivity index (χ0) is 55.2. The molecule has 0 aliphatic carbocycles. The molecule has 13 aromatic carbocycles. The normalized spacial score (nSPS) is 13.0. The first-order valence-corrected chi connectivity index (χ1v) is 29.8. The van der Waals surface area contributed by atoms with Crippen LogP contribution in [0.1, 0.15) is 0 Å². The maximum absolute atomic E-state index is 7.80. The first-order chi connectivity index (χ1) is 41.7. The van der Waals surface area contributed by atoms with Gasteiger partial charge in [-0.2, -0.15) is 0 Å². The maximum Gasteiger partial charge on any atom is 0.256 e. The summed E-state index contributed by atoms with van der Waals surface area (Å²) < 4.78 is 7.80. The molecular formula is C78H50B2N2OS. The standard InChI is InChI=1S/C78H50B2N2OS/c1-7-25-51(26-8-1)57-45-69-75-72(47-57)83-71-50-68-65(49-66(71)79(75)63-41-19-21-43-67(63)81(69)77-59(53-29-11-3-12-30-53)37-23-38-60(77)54-31-13-4-14-32-54)80-64-42-20-22-44-73(64)84-74-48-58(52-27-9-2-10-28-52)46-70(76(74)80)82(68)78-61(55-33-15-5-16-34-55)39-24-40-62(78)56-35-17-6-18-36-56/h1-50H. The average molecular weight is 1080 g/mol. The Morgan fingerprint density at radius 1 is 0.250 bits per heavy atom. The van der Waals surface area contributed by atoms with Gasteiger partial charge in [-0.15, -0.1) is 0 Å². The zero-order valence-corrected chi connectivity index (χ0v) is 46.5. The number of para-hydroxylation sites is 3. The van der Waals surface area contributed by atoms with Crippen molar-refractivity contribution in [3.05, 3.63) is 303 Å². The van der Waals surface area contributed by atoms with Gasteiger partial charge >= 0.3 is 0 Å². The van der Waals surface area contributed by atoms with Gasteiger partial charge in [-0.3, -0.25) is 0 Å². The fourth-order valence-electron chi connectivity index (χ4n) is 13.9. The molecule has 390 valence electrons. The van der Waals surface area contributed by atoms with E-state index in [0.29, 0.717) is 0 Å². The molecule has 4 aliphatic heterocycles. The van der Waals surface area contributed by atoms with Gasteiger partial charge in [0, 0.05) is 60.9 Å². The van der Waals surface area contributed by atoms with E-state index in [9.17, 15) is 0 Å². The van der Waals surface area contributed by atoms with Crippen LogP contribution in [0.5, 0.6) is 11.5 Å². The summed E-state index contributed by atoms with van der Waals surface area (Å²) >= 11 is 1.90. The SMILES string of the molecule is c1ccc(-c2cc3c4c(c2)N(c2c(-c5ccccc5)cccc2-c2ccccc2)c2ccccc2B4c2cc4c(cc2O3)N(c2c(-c3ccccc3)cccc2-c2ccccc2)c2cc(-c3ccccc3)cc3c2B4c2ccccc2S3)cc1. The van der Waals surface area contributed by atoms with Crippen molar-refractivity contribution in [2.24, 2.45) is 0 Å². The van der Waals surface area contributed by atoms with Crippen LogP contribution in [0.3, 0.4) is 0 Å². The Bertz CT molecular complexity index is 4620. The van der Waals surface area contributed by atoms with Gasteiger partial charge in [-0.05, 0) is 108 Å². The second-order valence-electron chi connectivity index (χ2n) is 22.2. The molecule has 0 amide bonds. The fourth-order valence-corrected chi connectivity index (χ4v) is 15.1. The lowest BCUT2D eigenvalue weighted by Gasteiger charge is -2.44. The van der Waals surface area contributed by atoms with E-state index >= 15 is 0 Å². The van der Waals surface area contributed by atoms with Crippen LogP contribution >= 0.6 is 11.8 Å². The zero-order valence-electron chi connectivity index (χ0n) is 45.7. The molecule has 0 N–H and O–H groups in total. The molecule has 0 radical (unpaired) electrons. The Morgan fingerprint density at radius 3 is 1.19 bits per heavy atom. The largest absolute Gasteiger partial charge is 0.458 e. The number of anilines is 6. The van der Waals surface area contributed by atoms with Crippen LogP contribution in [0.25, 0.3) is 66.8 Å². The lowest BCUT2D eigenvalue weighted by Crippen LogP contribution is -2.63. The number of hydrogen-bond donors (Lipinski definition) is 0. The Kier molecular flexibility index (Phi) is 11.4. The molecule has 0 fully saturated rings. The van der Waals surface area contributed by atoms with Gasteiger partial charge in [-0.25, -0.2) is 0 Å². The van der Waals surface area contributed by atoms with E-state index in [0.717, 1.165) is 106 Å². The molecule has 4 heterocycles. The number of hydrogen-bond acceptors (Lipinski definition) is 4. The van der Waals surface area contributed by atoms with E-state index in [4.69, 9.17) is 4.74 Å². The van der Waals surface area contributed by atoms with Crippen molar-refractivity contribution >= 4 is 92.1 Å². The molecule has 3 nitrogen and oxygen atoms in total. The van der Waals surface area contributed by atoms with Crippen molar-refractivity contribution in [1.82, 2.24) is 0 Å². The van der Waals surface area contributed by atoms with Gasteiger partial charge in [0.05, 0.1) is 11.4 Å². The quantitative estimate of drug-likeness (QED) is 0.141.